The van der Waals surface area contributed by atoms with Gasteiger partial charge in [-0.2, -0.15) is 0 Å². The van der Waals surface area contributed by atoms with Crippen LogP contribution in [0.1, 0.15) is 22.6 Å². The van der Waals surface area contributed by atoms with Gasteiger partial charge in [-0.15, -0.1) is 11.3 Å². The summed E-state index contributed by atoms with van der Waals surface area (Å²) in [6.45, 7) is 4.74. The first kappa shape index (κ1) is 11.6. The highest BCUT2D eigenvalue weighted by molar-refractivity contribution is 7.11. The van der Waals surface area contributed by atoms with Crippen LogP contribution in [-0.2, 0) is 11.3 Å². The zero-order valence-electron chi connectivity index (χ0n) is 9.48. The molecule has 0 radical (unpaired) electrons. The van der Waals surface area contributed by atoms with Gasteiger partial charge < -0.3 is 5.11 Å². The molecule has 4 heteroatoms. The van der Waals surface area contributed by atoms with Gasteiger partial charge in [-0.1, -0.05) is 0 Å². The Balaban J connectivity index is 1.92. The lowest BCUT2D eigenvalue weighted by Crippen LogP contribution is -2.37. The molecule has 88 valence electrons. The quantitative estimate of drug-likeness (QED) is 0.880. The Morgan fingerprint density at radius 1 is 1.62 bits per heavy atom. The fraction of sp³-hybridized carbons (Fsp3) is 0.583. The molecular formula is C12H17NO2S. The van der Waals surface area contributed by atoms with E-state index in [4.69, 9.17) is 5.11 Å². The van der Waals surface area contributed by atoms with Gasteiger partial charge in [0.25, 0.3) is 0 Å². The van der Waals surface area contributed by atoms with E-state index in [9.17, 15) is 4.79 Å². The lowest BCUT2D eigenvalue weighted by Gasteiger charge is -2.30. The van der Waals surface area contributed by atoms with Crippen LogP contribution in [0, 0.1) is 12.8 Å². The number of carboxylic acid groups (broad SMARTS) is 1. The van der Waals surface area contributed by atoms with Gasteiger partial charge in [0, 0.05) is 22.8 Å². The topological polar surface area (TPSA) is 40.5 Å². The van der Waals surface area contributed by atoms with Crippen molar-refractivity contribution >= 4 is 17.3 Å². The second-order valence-electron chi connectivity index (χ2n) is 4.42. The molecule has 0 saturated carbocycles. The molecule has 0 aliphatic carbocycles. The van der Waals surface area contributed by atoms with Gasteiger partial charge in [-0.05, 0) is 38.4 Å². The van der Waals surface area contributed by atoms with Gasteiger partial charge in [0.15, 0.2) is 0 Å². The summed E-state index contributed by atoms with van der Waals surface area (Å²) in [6, 6.07) is 4.27. The summed E-state index contributed by atoms with van der Waals surface area (Å²) in [6.07, 6.45) is 1.83. The Labute approximate surface area is 99.7 Å². The summed E-state index contributed by atoms with van der Waals surface area (Å²) in [4.78, 5) is 15.8. The first-order valence-electron chi connectivity index (χ1n) is 5.65. The molecule has 1 fully saturated rings. The van der Waals surface area contributed by atoms with Crippen LogP contribution in [0.2, 0.25) is 0 Å². The minimum atomic E-state index is -0.646. The van der Waals surface area contributed by atoms with E-state index in [2.05, 4.69) is 24.0 Å². The molecule has 1 aromatic rings. The average Bonchev–Trinajstić information content (AvgIpc) is 2.64. The Kier molecular flexibility index (Phi) is 3.61. The maximum absolute atomic E-state index is 10.9. The van der Waals surface area contributed by atoms with Gasteiger partial charge in [0.05, 0.1) is 5.92 Å². The van der Waals surface area contributed by atoms with Crippen molar-refractivity contribution in [3.8, 4) is 0 Å². The van der Waals surface area contributed by atoms with E-state index in [1.165, 1.54) is 9.75 Å². The summed E-state index contributed by atoms with van der Waals surface area (Å²) >= 11 is 1.80. The monoisotopic (exact) mass is 239 g/mol. The Bertz CT molecular complexity index is 375. The molecule has 1 atom stereocenters. The predicted molar refractivity (Wildman–Crippen MR) is 64.7 cm³/mol. The van der Waals surface area contributed by atoms with Crippen molar-refractivity contribution < 1.29 is 9.90 Å². The van der Waals surface area contributed by atoms with E-state index in [1.54, 1.807) is 11.3 Å². The number of likely N-dealkylation sites (tertiary alicyclic amines) is 1. The number of hydrogen-bond donors (Lipinski definition) is 1. The molecule has 1 aliphatic rings. The van der Waals surface area contributed by atoms with Crippen molar-refractivity contribution in [1.82, 2.24) is 4.90 Å². The molecule has 0 aromatic carbocycles. The number of rotatable bonds is 3. The van der Waals surface area contributed by atoms with Crippen molar-refractivity contribution in [2.24, 2.45) is 5.92 Å². The lowest BCUT2D eigenvalue weighted by molar-refractivity contribution is -0.143. The number of thiophene rings is 1. The van der Waals surface area contributed by atoms with Gasteiger partial charge in [-0.3, -0.25) is 9.69 Å². The van der Waals surface area contributed by atoms with Crippen molar-refractivity contribution in [1.29, 1.82) is 0 Å². The molecule has 1 saturated heterocycles. The molecule has 3 nitrogen and oxygen atoms in total. The van der Waals surface area contributed by atoms with Crippen molar-refractivity contribution in [2.45, 2.75) is 26.3 Å². The van der Waals surface area contributed by atoms with Gasteiger partial charge in [0.1, 0.15) is 0 Å². The lowest BCUT2D eigenvalue weighted by atomic mass is 9.98. The van der Waals surface area contributed by atoms with Crippen molar-refractivity contribution in [3.05, 3.63) is 21.9 Å². The highest BCUT2D eigenvalue weighted by Crippen LogP contribution is 2.22. The van der Waals surface area contributed by atoms with Crippen molar-refractivity contribution in [2.75, 3.05) is 13.1 Å². The molecule has 2 rings (SSSR count). The van der Waals surface area contributed by atoms with Crippen LogP contribution in [0.3, 0.4) is 0 Å². The summed E-state index contributed by atoms with van der Waals surface area (Å²) in [5, 5.41) is 9.00. The third-order valence-electron chi connectivity index (χ3n) is 3.03. The fourth-order valence-corrected chi connectivity index (χ4v) is 3.12. The normalized spacial score (nSPS) is 22.2. The fourth-order valence-electron chi connectivity index (χ4n) is 2.19. The molecule has 1 aromatic heterocycles. The minimum Gasteiger partial charge on any atom is -0.481 e. The highest BCUT2D eigenvalue weighted by Gasteiger charge is 2.25. The molecular weight excluding hydrogens is 222 g/mol. The maximum atomic E-state index is 10.9. The first-order chi connectivity index (χ1) is 7.65. The Morgan fingerprint density at radius 2 is 2.44 bits per heavy atom. The SMILES string of the molecule is Cc1ccc(CN2CCC[C@H](C(=O)O)C2)s1. The molecule has 0 unspecified atom stereocenters. The number of aryl methyl sites for hydroxylation is 1. The van der Waals surface area contributed by atoms with Crippen LogP contribution in [0.25, 0.3) is 0 Å². The number of piperidine rings is 1. The molecule has 0 bridgehead atoms. The van der Waals surface area contributed by atoms with Crippen LogP contribution >= 0.6 is 11.3 Å². The van der Waals surface area contributed by atoms with E-state index in [0.717, 1.165) is 25.9 Å². The van der Waals surface area contributed by atoms with E-state index in [1.807, 2.05) is 0 Å². The van der Waals surface area contributed by atoms with Crippen LogP contribution in [-0.4, -0.2) is 29.1 Å². The summed E-state index contributed by atoms with van der Waals surface area (Å²) < 4.78 is 0. The van der Waals surface area contributed by atoms with Gasteiger partial charge >= 0.3 is 5.97 Å². The highest BCUT2D eigenvalue weighted by atomic mass is 32.1. The van der Waals surface area contributed by atoms with Crippen LogP contribution in [0.15, 0.2) is 12.1 Å². The van der Waals surface area contributed by atoms with Gasteiger partial charge in [0.2, 0.25) is 0 Å². The maximum Gasteiger partial charge on any atom is 0.307 e. The molecule has 0 spiro atoms. The number of hydrogen-bond acceptors (Lipinski definition) is 3. The molecule has 1 aliphatic heterocycles. The zero-order valence-corrected chi connectivity index (χ0v) is 10.3. The number of nitrogens with zero attached hydrogens (tertiary/aromatic N) is 1. The molecule has 1 N–H and O–H groups in total. The standard InChI is InChI=1S/C12H17NO2S/c1-9-4-5-11(16-9)8-13-6-2-3-10(7-13)12(14)15/h4-5,10H,2-3,6-8H2,1H3,(H,14,15)/t10-/m0/s1. The van der Waals surface area contributed by atoms with Crippen molar-refractivity contribution in [3.63, 3.8) is 0 Å². The van der Waals surface area contributed by atoms with Gasteiger partial charge in [-0.25, -0.2) is 0 Å². The average molecular weight is 239 g/mol. The predicted octanol–water partition coefficient (Wildman–Crippen LogP) is 2.35. The molecule has 2 heterocycles. The number of carbonyl (C=O) groups is 1. The van der Waals surface area contributed by atoms with E-state index < -0.39 is 5.97 Å². The number of carboxylic acids is 1. The third-order valence-corrected chi connectivity index (χ3v) is 4.02. The Morgan fingerprint density at radius 3 is 3.06 bits per heavy atom. The zero-order chi connectivity index (χ0) is 11.5. The second-order valence-corrected chi connectivity index (χ2v) is 5.80. The van der Waals surface area contributed by atoms with E-state index in [0.29, 0.717) is 6.54 Å². The second kappa shape index (κ2) is 4.97. The molecule has 16 heavy (non-hydrogen) atoms. The third kappa shape index (κ3) is 2.83. The summed E-state index contributed by atoms with van der Waals surface area (Å²) in [7, 11) is 0. The smallest absolute Gasteiger partial charge is 0.307 e. The van der Waals surface area contributed by atoms with Crippen LogP contribution < -0.4 is 0 Å². The first-order valence-corrected chi connectivity index (χ1v) is 6.47. The Hall–Kier alpha value is -0.870. The largest absolute Gasteiger partial charge is 0.481 e. The van der Waals surface area contributed by atoms with E-state index in [-0.39, 0.29) is 5.92 Å². The van der Waals surface area contributed by atoms with Crippen LogP contribution in [0.5, 0.6) is 0 Å². The van der Waals surface area contributed by atoms with Crippen LogP contribution in [0.4, 0.5) is 0 Å². The molecule has 0 amide bonds. The van der Waals surface area contributed by atoms with E-state index >= 15 is 0 Å². The summed E-state index contributed by atoms with van der Waals surface area (Å²) in [5.41, 5.74) is 0. The summed E-state index contributed by atoms with van der Waals surface area (Å²) in [5.74, 6) is -0.818. The number of aliphatic carboxylic acids is 1. The minimum absolute atomic E-state index is 0.171.